The molecular formula is C23H21N5O2. The first-order chi connectivity index (χ1) is 14.6. The lowest BCUT2D eigenvalue weighted by Crippen LogP contribution is -2.36. The van der Waals surface area contributed by atoms with Gasteiger partial charge in [-0.25, -0.2) is 10.4 Å². The third-order valence-corrected chi connectivity index (χ3v) is 6.52. The van der Waals surface area contributed by atoms with Gasteiger partial charge < -0.3 is 0 Å². The van der Waals surface area contributed by atoms with Crippen molar-refractivity contribution < 1.29 is 4.79 Å². The molecule has 2 aromatic heterocycles. The molecule has 3 unspecified atom stereocenters. The molecular weight excluding hydrogens is 378 g/mol. The van der Waals surface area contributed by atoms with Gasteiger partial charge in [-0.05, 0) is 55.2 Å². The van der Waals surface area contributed by atoms with Crippen LogP contribution in [0.5, 0.6) is 0 Å². The number of amides is 1. The Hall–Kier alpha value is -3.53. The van der Waals surface area contributed by atoms with Gasteiger partial charge in [0.15, 0.2) is 0 Å². The highest BCUT2D eigenvalue weighted by Gasteiger charge is 2.40. The minimum absolute atomic E-state index is 0.184. The third-order valence-electron chi connectivity index (χ3n) is 6.52. The van der Waals surface area contributed by atoms with E-state index in [-0.39, 0.29) is 17.2 Å². The molecule has 0 spiro atoms. The summed E-state index contributed by atoms with van der Waals surface area (Å²) in [5, 5.41) is 14.7. The Morgan fingerprint density at radius 2 is 2.03 bits per heavy atom. The summed E-state index contributed by atoms with van der Waals surface area (Å²) < 4.78 is 0. The van der Waals surface area contributed by atoms with E-state index >= 15 is 0 Å². The van der Waals surface area contributed by atoms with Gasteiger partial charge in [-0.3, -0.25) is 9.59 Å². The molecule has 1 aromatic carbocycles. The summed E-state index contributed by atoms with van der Waals surface area (Å²) in [6.45, 7) is 0. The summed E-state index contributed by atoms with van der Waals surface area (Å²) in [7, 11) is 0. The second-order valence-corrected chi connectivity index (χ2v) is 8.33. The van der Waals surface area contributed by atoms with Crippen molar-refractivity contribution in [3.8, 4) is 17.3 Å². The number of benzene rings is 1. The first-order valence-corrected chi connectivity index (χ1v) is 10.3. The van der Waals surface area contributed by atoms with Gasteiger partial charge >= 0.3 is 0 Å². The number of fused-ring (bicyclic) bond motifs is 3. The zero-order valence-electron chi connectivity index (χ0n) is 16.4. The molecule has 150 valence electrons. The highest BCUT2D eigenvalue weighted by Crippen LogP contribution is 2.49. The van der Waals surface area contributed by atoms with E-state index in [4.69, 9.17) is 0 Å². The summed E-state index contributed by atoms with van der Waals surface area (Å²) in [5.74, 6) is 1.62. The zero-order chi connectivity index (χ0) is 20.7. The van der Waals surface area contributed by atoms with E-state index in [1.165, 1.54) is 25.5 Å². The number of pyridine rings is 1. The molecule has 1 N–H and O–H groups in total. The second-order valence-electron chi connectivity index (χ2n) is 8.33. The average molecular weight is 399 g/mol. The molecule has 1 amide bonds. The Morgan fingerprint density at radius 3 is 2.77 bits per heavy atom. The summed E-state index contributed by atoms with van der Waals surface area (Å²) in [6, 6.07) is 12.5. The van der Waals surface area contributed by atoms with Crippen LogP contribution in [0.4, 0.5) is 0 Å². The van der Waals surface area contributed by atoms with Crippen LogP contribution in [-0.2, 0) is 4.79 Å². The maximum atomic E-state index is 13.0. The normalized spacial score (nSPS) is 22.2. The van der Waals surface area contributed by atoms with Crippen LogP contribution < -0.4 is 11.0 Å². The van der Waals surface area contributed by atoms with Gasteiger partial charge in [0, 0.05) is 23.6 Å². The molecule has 0 aliphatic heterocycles. The number of carbonyl (C=O) groups is 1. The maximum Gasteiger partial charge on any atom is 0.294 e. The van der Waals surface area contributed by atoms with Crippen LogP contribution in [0.25, 0.3) is 22.0 Å². The number of hydrogen-bond donors (Lipinski definition) is 1. The summed E-state index contributed by atoms with van der Waals surface area (Å²) in [6.07, 6.45) is 6.80. The number of carbonyl (C=O) groups excluding carboxylic acids is 1. The Morgan fingerprint density at radius 1 is 1.20 bits per heavy atom. The van der Waals surface area contributed by atoms with Gasteiger partial charge in [-0.15, -0.1) is 9.89 Å². The van der Waals surface area contributed by atoms with Crippen LogP contribution in [0.2, 0.25) is 0 Å². The molecule has 30 heavy (non-hydrogen) atoms. The van der Waals surface area contributed by atoms with Gasteiger partial charge in [-0.2, -0.15) is 5.26 Å². The number of aromatic nitrogens is 3. The van der Waals surface area contributed by atoms with Crippen LogP contribution in [0.1, 0.15) is 37.8 Å². The lowest BCUT2D eigenvalue weighted by atomic mass is 9.86. The minimum Gasteiger partial charge on any atom is -0.273 e. The Bertz CT molecular complexity index is 1240. The molecule has 2 heterocycles. The fraction of sp³-hybridized carbons (Fsp3) is 0.348. The molecule has 2 fully saturated rings. The fourth-order valence-electron chi connectivity index (χ4n) is 5.15. The SMILES string of the molecule is N#Cc1cc(-c2nn(NC(=O)CC3CC4CCC3C4)c(=O)c3ccccc23)ccn1. The number of rotatable bonds is 4. The van der Waals surface area contributed by atoms with E-state index in [9.17, 15) is 14.9 Å². The molecule has 2 aliphatic carbocycles. The van der Waals surface area contributed by atoms with E-state index < -0.39 is 0 Å². The van der Waals surface area contributed by atoms with Crippen LogP contribution in [0.15, 0.2) is 47.4 Å². The smallest absolute Gasteiger partial charge is 0.273 e. The quantitative estimate of drug-likeness (QED) is 0.726. The van der Waals surface area contributed by atoms with Crippen LogP contribution in [-0.4, -0.2) is 20.8 Å². The molecule has 0 saturated heterocycles. The van der Waals surface area contributed by atoms with Gasteiger partial charge in [0.05, 0.1) is 5.39 Å². The van der Waals surface area contributed by atoms with E-state index in [1.54, 1.807) is 24.3 Å². The zero-order valence-corrected chi connectivity index (χ0v) is 16.4. The predicted molar refractivity (Wildman–Crippen MR) is 112 cm³/mol. The van der Waals surface area contributed by atoms with Crippen molar-refractivity contribution in [3.63, 3.8) is 0 Å². The summed E-state index contributed by atoms with van der Waals surface area (Å²) in [4.78, 5) is 30.7. The van der Waals surface area contributed by atoms with Crippen LogP contribution in [0.3, 0.4) is 0 Å². The number of nitriles is 1. The van der Waals surface area contributed by atoms with E-state index in [0.717, 1.165) is 17.1 Å². The molecule has 2 bridgehead atoms. The van der Waals surface area contributed by atoms with Gasteiger partial charge in [0.1, 0.15) is 17.5 Å². The third kappa shape index (κ3) is 3.24. The van der Waals surface area contributed by atoms with E-state index in [0.29, 0.717) is 40.3 Å². The number of hydrogen-bond acceptors (Lipinski definition) is 5. The topological polar surface area (TPSA) is 101 Å². The average Bonchev–Trinajstić information content (AvgIpc) is 3.39. The summed E-state index contributed by atoms with van der Waals surface area (Å²) in [5.41, 5.74) is 3.77. The first-order valence-electron chi connectivity index (χ1n) is 10.3. The van der Waals surface area contributed by atoms with E-state index in [1.807, 2.05) is 18.2 Å². The van der Waals surface area contributed by atoms with Crippen LogP contribution >= 0.6 is 0 Å². The molecule has 3 atom stereocenters. The Kier molecular flexibility index (Phi) is 4.55. The fourth-order valence-corrected chi connectivity index (χ4v) is 5.15. The molecule has 2 aliphatic rings. The minimum atomic E-state index is -0.370. The molecule has 2 saturated carbocycles. The Labute approximate surface area is 173 Å². The van der Waals surface area contributed by atoms with Crippen molar-refractivity contribution in [2.45, 2.75) is 32.1 Å². The number of nitrogens with one attached hydrogen (secondary N) is 1. The highest BCUT2D eigenvalue weighted by molar-refractivity contribution is 5.94. The van der Waals surface area contributed by atoms with Crippen molar-refractivity contribution >= 4 is 16.7 Å². The van der Waals surface area contributed by atoms with E-state index in [2.05, 4.69) is 15.5 Å². The van der Waals surface area contributed by atoms with Gasteiger partial charge in [0.25, 0.3) is 5.56 Å². The van der Waals surface area contributed by atoms with Gasteiger partial charge in [0.2, 0.25) is 5.91 Å². The largest absolute Gasteiger partial charge is 0.294 e. The monoisotopic (exact) mass is 399 g/mol. The van der Waals surface area contributed by atoms with Crippen molar-refractivity contribution in [1.29, 1.82) is 5.26 Å². The van der Waals surface area contributed by atoms with Crippen molar-refractivity contribution in [1.82, 2.24) is 14.9 Å². The van der Waals surface area contributed by atoms with Crippen molar-refractivity contribution in [3.05, 3.63) is 58.6 Å². The second kappa shape index (κ2) is 7.38. The van der Waals surface area contributed by atoms with Crippen molar-refractivity contribution in [2.75, 3.05) is 5.43 Å². The molecule has 7 nitrogen and oxygen atoms in total. The predicted octanol–water partition coefficient (Wildman–Crippen LogP) is 3.23. The maximum absolute atomic E-state index is 13.0. The lowest BCUT2D eigenvalue weighted by molar-refractivity contribution is -0.118. The van der Waals surface area contributed by atoms with Crippen LogP contribution in [0, 0.1) is 29.1 Å². The van der Waals surface area contributed by atoms with Gasteiger partial charge in [-0.1, -0.05) is 24.6 Å². The van der Waals surface area contributed by atoms with Crippen molar-refractivity contribution in [2.24, 2.45) is 17.8 Å². The molecule has 7 heteroatoms. The lowest BCUT2D eigenvalue weighted by Gasteiger charge is -2.21. The number of nitrogens with zero attached hydrogens (tertiary/aromatic N) is 4. The summed E-state index contributed by atoms with van der Waals surface area (Å²) >= 11 is 0. The standard InChI is InChI=1S/C23H21N5O2/c24-13-18-11-16(7-8-25-18)22-19-3-1-2-4-20(19)23(30)28(27-22)26-21(29)12-17-10-14-5-6-15(17)9-14/h1-4,7-8,11,14-15,17H,5-6,9-10,12H2,(H,26,29). The highest BCUT2D eigenvalue weighted by atomic mass is 16.2. The first kappa shape index (κ1) is 18.5. The molecule has 5 rings (SSSR count). The Balaban J connectivity index is 1.50. The molecule has 3 aromatic rings. The molecule has 0 radical (unpaired) electrons.